The molecule has 1 aliphatic rings. The van der Waals surface area contributed by atoms with Crippen molar-refractivity contribution in [2.75, 3.05) is 17.7 Å². The Balaban J connectivity index is 1.82. The van der Waals surface area contributed by atoms with Gasteiger partial charge in [0.15, 0.2) is 0 Å². The molecule has 0 spiro atoms. The molecule has 6 nitrogen and oxygen atoms in total. The lowest BCUT2D eigenvalue weighted by Crippen LogP contribution is -2.11. The average molecular weight is 448 g/mol. The highest BCUT2D eigenvalue weighted by Crippen LogP contribution is 2.38. The Morgan fingerprint density at radius 3 is 2.53 bits per heavy atom. The second-order valence-electron chi connectivity index (χ2n) is 7.52. The molecule has 0 unspecified atom stereocenters. The maximum atomic E-state index is 13.0. The molecule has 3 aromatic carbocycles. The Hall–Kier alpha value is -3.61. The van der Waals surface area contributed by atoms with E-state index >= 15 is 0 Å². The molecule has 0 atom stereocenters. The van der Waals surface area contributed by atoms with Crippen LogP contribution < -0.4 is 16.0 Å². The Bertz CT molecular complexity index is 1220. The molecular weight excluding hydrogens is 426 g/mol. The van der Waals surface area contributed by atoms with Crippen LogP contribution in [0.1, 0.15) is 22.3 Å². The van der Waals surface area contributed by atoms with E-state index in [9.17, 15) is 9.59 Å². The number of nitrogens with one attached hydrogen (secondary N) is 3. The van der Waals surface area contributed by atoms with E-state index in [2.05, 4.69) is 16.0 Å². The van der Waals surface area contributed by atoms with Crippen molar-refractivity contribution < 1.29 is 14.7 Å². The first kappa shape index (κ1) is 21.6. The molecule has 3 aromatic rings. The number of hydrogen-bond donors (Lipinski definition) is 4. The third-order valence-electron chi connectivity index (χ3n) is 5.15. The Morgan fingerprint density at radius 2 is 1.81 bits per heavy atom. The maximum Gasteiger partial charge on any atom is 0.307 e. The molecule has 162 valence electrons. The lowest BCUT2D eigenvalue weighted by atomic mass is 9.98. The standard InChI is InChI=1S/C25H22ClN3O3/c1-27-14-16-3-2-4-19(11-16)28-24(17-7-5-15(6-8-17)12-22(30)31)23-20-10-9-18(26)13-21(20)29-25(23)32/h2-11,13,27-28H,12,14H2,1H3,(H,29,32)(H,30,31)/b24-23-. The summed E-state index contributed by atoms with van der Waals surface area (Å²) < 4.78 is 0. The van der Waals surface area contributed by atoms with E-state index in [1.165, 1.54) is 0 Å². The number of carbonyl (C=O) groups is 2. The molecule has 0 saturated heterocycles. The number of carboxylic acids is 1. The number of amides is 1. The largest absolute Gasteiger partial charge is 0.481 e. The second kappa shape index (κ2) is 9.26. The van der Waals surface area contributed by atoms with Gasteiger partial charge in [-0.25, -0.2) is 0 Å². The van der Waals surface area contributed by atoms with Gasteiger partial charge in [-0.2, -0.15) is 0 Å². The Labute approximate surface area is 190 Å². The van der Waals surface area contributed by atoms with Gasteiger partial charge >= 0.3 is 5.97 Å². The summed E-state index contributed by atoms with van der Waals surface area (Å²) in [5.74, 6) is -1.12. The molecule has 7 heteroatoms. The van der Waals surface area contributed by atoms with Crippen LogP contribution in [0.2, 0.25) is 5.02 Å². The van der Waals surface area contributed by atoms with Crippen LogP contribution in [0.15, 0.2) is 66.7 Å². The van der Waals surface area contributed by atoms with Crippen LogP contribution in [-0.2, 0) is 22.6 Å². The number of carbonyl (C=O) groups excluding carboxylic acids is 1. The smallest absolute Gasteiger partial charge is 0.307 e. The quantitative estimate of drug-likeness (QED) is 0.397. The predicted octanol–water partition coefficient (Wildman–Crippen LogP) is 4.62. The van der Waals surface area contributed by atoms with Crippen LogP contribution in [0, 0.1) is 0 Å². The zero-order valence-corrected chi connectivity index (χ0v) is 18.2. The minimum atomic E-state index is -0.892. The molecule has 0 radical (unpaired) electrons. The summed E-state index contributed by atoms with van der Waals surface area (Å²) in [6.45, 7) is 0.715. The first-order valence-electron chi connectivity index (χ1n) is 10.1. The molecule has 0 fully saturated rings. The maximum absolute atomic E-state index is 13.0. The fraction of sp³-hybridized carbons (Fsp3) is 0.120. The predicted molar refractivity (Wildman–Crippen MR) is 128 cm³/mol. The zero-order chi connectivity index (χ0) is 22.7. The van der Waals surface area contributed by atoms with Crippen molar-refractivity contribution >= 4 is 46.1 Å². The van der Waals surface area contributed by atoms with Gasteiger partial charge in [-0.05, 0) is 48.0 Å². The van der Waals surface area contributed by atoms with Crippen molar-refractivity contribution in [2.45, 2.75) is 13.0 Å². The van der Waals surface area contributed by atoms with Crippen molar-refractivity contribution in [3.8, 4) is 0 Å². The number of halogens is 1. The van der Waals surface area contributed by atoms with Crippen LogP contribution in [0.25, 0.3) is 11.3 Å². The molecule has 0 aromatic heterocycles. The topological polar surface area (TPSA) is 90.5 Å². The van der Waals surface area contributed by atoms with Gasteiger partial charge < -0.3 is 21.1 Å². The highest BCUT2D eigenvalue weighted by atomic mass is 35.5. The lowest BCUT2D eigenvalue weighted by Gasteiger charge is -2.16. The first-order valence-corrected chi connectivity index (χ1v) is 10.5. The molecule has 0 saturated carbocycles. The van der Waals surface area contributed by atoms with Crippen molar-refractivity contribution in [3.05, 3.63) is 94.0 Å². The minimum Gasteiger partial charge on any atom is -0.481 e. The summed E-state index contributed by atoms with van der Waals surface area (Å²) in [6.07, 6.45) is -0.0620. The summed E-state index contributed by atoms with van der Waals surface area (Å²) >= 11 is 6.11. The monoisotopic (exact) mass is 447 g/mol. The van der Waals surface area contributed by atoms with E-state index in [0.29, 0.717) is 34.1 Å². The van der Waals surface area contributed by atoms with Crippen molar-refractivity contribution in [1.29, 1.82) is 0 Å². The van der Waals surface area contributed by atoms with Gasteiger partial charge in [0.25, 0.3) is 5.91 Å². The molecule has 32 heavy (non-hydrogen) atoms. The molecule has 1 aliphatic heterocycles. The Kier molecular flexibility index (Phi) is 6.25. The van der Waals surface area contributed by atoms with Crippen LogP contribution in [-0.4, -0.2) is 24.0 Å². The fourth-order valence-corrected chi connectivity index (χ4v) is 3.92. The summed E-state index contributed by atoms with van der Waals surface area (Å²) in [4.78, 5) is 24.0. The molecule has 4 N–H and O–H groups in total. The summed E-state index contributed by atoms with van der Waals surface area (Å²) in [6, 6.07) is 20.4. The van der Waals surface area contributed by atoms with Gasteiger partial charge in [-0.15, -0.1) is 0 Å². The van der Waals surface area contributed by atoms with Crippen LogP contribution in [0.3, 0.4) is 0 Å². The van der Waals surface area contributed by atoms with Gasteiger partial charge in [0.1, 0.15) is 0 Å². The number of anilines is 2. The molecule has 4 rings (SSSR count). The van der Waals surface area contributed by atoms with Crippen LogP contribution in [0.4, 0.5) is 11.4 Å². The summed E-state index contributed by atoms with van der Waals surface area (Å²) in [5.41, 5.74) is 5.93. The third kappa shape index (κ3) is 4.66. The SMILES string of the molecule is CNCc1cccc(N/C(=C2\C(=O)Nc3cc(Cl)ccc32)c2ccc(CC(=O)O)cc2)c1. The summed E-state index contributed by atoms with van der Waals surface area (Å²) in [5, 5.41) is 19.0. The number of fused-ring (bicyclic) bond motifs is 1. The van der Waals surface area contributed by atoms with Gasteiger partial charge in [-0.3, -0.25) is 9.59 Å². The fourth-order valence-electron chi connectivity index (χ4n) is 3.74. The lowest BCUT2D eigenvalue weighted by molar-refractivity contribution is -0.136. The van der Waals surface area contributed by atoms with Crippen LogP contribution >= 0.6 is 11.6 Å². The molecule has 1 heterocycles. The van der Waals surface area contributed by atoms with Crippen molar-refractivity contribution in [1.82, 2.24) is 5.32 Å². The molecule has 1 amide bonds. The van der Waals surface area contributed by atoms with E-state index in [1.807, 2.05) is 49.5 Å². The van der Waals surface area contributed by atoms with E-state index < -0.39 is 5.97 Å². The van der Waals surface area contributed by atoms with Gasteiger partial charge in [0.2, 0.25) is 0 Å². The normalized spacial score (nSPS) is 14.0. The molecular formula is C25H22ClN3O3. The molecule has 0 aliphatic carbocycles. The van der Waals surface area contributed by atoms with Gasteiger partial charge in [-0.1, -0.05) is 54.1 Å². The number of aliphatic carboxylic acids is 1. The zero-order valence-electron chi connectivity index (χ0n) is 17.4. The highest BCUT2D eigenvalue weighted by molar-refractivity contribution is 6.38. The summed E-state index contributed by atoms with van der Waals surface area (Å²) in [7, 11) is 1.89. The average Bonchev–Trinajstić information content (AvgIpc) is 3.07. The highest BCUT2D eigenvalue weighted by Gasteiger charge is 2.28. The molecule has 0 bridgehead atoms. The third-order valence-corrected chi connectivity index (χ3v) is 5.39. The Morgan fingerprint density at radius 1 is 1.03 bits per heavy atom. The first-order chi connectivity index (χ1) is 15.4. The minimum absolute atomic E-state index is 0.0620. The second-order valence-corrected chi connectivity index (χ2v) is 7.95. The van der Waals surface area contributed by atoms with E-state index in [1.54, 1.807) is 24.3 Å². The van der Waals surface area contributed by atoms with E-state index in [0.717, 1.165) is 22.4 Å². The number of carboxylic acid groups (broad SMARTS) is 1. The van der Waals surface area contributed by atoms with Crippen molar-refractivity contribution in [3.63, 3.8) is 0 Å². The number of rotatable bonds is 7. The van der Waals surface area contributed by atoms with E-state index in [4.69, 9.17) is 16.7 Å². The van der Waals surface area contributed by atoms with Crippen molar-refractivity contribution in [2.24, 2.45) is 0 Å². The van der Waals surface area contributed by atoms with Gasteiger partial charge in [0, 0.05) is 22.8 Å². The van der Waals surface area contributed by atoms with Gasteiger partial charge in [0.05, 0.1) is 23.4 Å². The van der Waals surface area contributed by atoms with E-state index in [-0.39, 0.29) is 12.3 Å². The van der Waals surface area contributed by atoms with Crippen LogP contribution in [0.5, 0.6) is 0 Å². The number of hydrogen-bond acceptors (Lipinski definition) is 4. The number of benzene rings is 3.